The minimum absolute atomic E-state index is 0.253. The molecule has 1 heterocycles. The molecule has 0 atom stereocenters. The summed E-state index contributed by atoms with van der Waals surface area (Å²) in [6, 6.07) is 0. The van der Waals surface area contributed by atoms with Gasteiger partial charge in [-0.05, 0) is 19.3 Å². The highest BCUT2D eigenvalue weighted by atomic mass is 32.2. The second-order valence-electron chi connectivity index (χ2n) is 4.19. The van der Waals surface area contributed by atoms with Crippen LogP contribution in [0, 0.1) is 0 Å². The van der Waals surface area contributed by atoms with Crippen LogP contribution in [0.1, 0.15) is 26.2 Å². The normalized spacial score (nSPS) is 21.4. The van der Waals surface area contributed by atoms with Crippen molar-refractivity contribution in [2.75, 3.05) is 32.4 Å². The van der Waals surface area contributed by atoms with Crippen LogP contribution in [0.15, 0.2) is 0 Å². The summed E-state index contributed by atoms with van der Waals surface area (Å²) >= 11 is 1.47. The molecule has 0 aromatic rings. The van der Waals surface area contributed by atoms with E-state index in [1.807, 2.05) is 0 Å². The molecule has 1 saturated heterocycles. The standard InChI is InChI=1S/C10H20NOS/c1-10(12)13-9-8-11(2)6-4-3-5-7-11/h3-9H2,1-2H3/q+1. The average molecular weight is 202 g/mol. The van der Waals surface area contributed by atoms with E-state index in [1.165, 1.54) is 48.6 Å². The summed E-state index contributed by atoms with van der Waals surface area (Å²) in [5, 5.41) is 0.253. The molecule has 0 saturated carbocycles. The third kappa shape index (κ3) is 4.14. The molecular formula is C10H20NOS+. The first-order chi connectivity index (χ1) is 6.12. The van der Waals surface area contributed by atoms with Crippen LogP contribution in [-0.4, -0.2) is 42.0 Å². The fourth-order valence-corrected chi connectivity index (χ4v) is 2.73. The zero-order chi connectivity index (χ0) is 9.73. The number of nitrogens with zero attached hydrogens (tertiary/aromatic N) is 1. The van der Waals surface area contributed by atoms with Gasteiger partial charge in [0.1, 0.15) is 0 Å². The zero-order valence-corrected chi connectivity index (χ0v) is 9.53. The number of rotatable bonds is 3. The summed E-state index contributed by atoms with van der Waals surface area (Å²) in [5.74, 6) is 0.992. The second-order valence-corrected chi connectivity index (χ2v) is 5.46. The number of quaternary nitrogens is 1. The predicted octanol–water partition coefficient (Wildman–Crippen LogP) is 1.90. The molecule has 0 amide bonds. The Balaban J connectivity index is 2.21. The van der Waals surface area contributed by atoms with E-state index >= 15 is 0 Å². The Morgan fingerprint density at radius 3 is 2.46 bits per heavy atom. The third-order valence-electron chi connectivity index (χ3n) is 2.83. The van der Waals surface area contributed by atoms with Crippen LogP contribution in [0.5, 0.6) is 0 Å². The molecule has 13 heavy (non-hydrogen) atoms. The molecule has 76 valence electrons. The van der Waals surface area contributed by atoms with Crippen molar-refractivity contribution in [2.45, 2.75) is 26.2 Å². The van der Waals surface area contributed by atoms with Crippen molar-refractivity contribution in [3.8, 4) is 0 Å². The minimum Gasteiger partial charge on any atom is -0.325 e. The summed E-state index contributed by atoms with van der Waals surface area (Å²) in [6.45, 7) is 5.42. The van der Waals surface area contributed by atoms with Gasteiger partial charge in [-0.2, -0.15) is 0 Å². The zero-order valence-electron chi connectivity index (χ0n) is 8.71. The molecule has 0 unspecified atom stereocenters. The Morgan fingerprint density at radius 2 is 1.92 bits per heavy atom. The number of carbonyl (C=O) groups is 1. The third-order valence-corrected chi connectivity index (χ3v) is 3.63. The highest BCUT2D eigenvalue weighted by Gasteiger charge is 2.23. The quantitative estimate of drug-likeness (QED) is 0.650. The lowest BCUT2D eigenvalue weighted by Crippen LogP contribution is -2.49. The first-order valence-electron chi connectivity index (χ1n) is 5.09. The maximum absolute atomic E-state index is 10.7. The van der Waals surface area contributed by atoms with E-state index < -0.39 is 0 Å². The van der Waals surface area contributed by atoms with Crippen molar-refractivity contribution in [1.82, 2.24) is 0 Å². The Morgan fingerprint density at radius 1 is 1.31 bits per heavy atom. The van der Waals surface area contributed by atoms with Gasteiger partial charge in [-0.15, -0.1) is 0 Å². The van der Waals surface area contributed by atoms with Crippen LogP contribution in [0.2, 0.25) is 0 Å². The summed E-state index contributed by atoms with van der Waals surface area (Å²) in [6.07, 6.45) is 4.12. The molecule has 1 aliphatic heterocycles. The van der Waals surface area contributed by atoms with Crippen LogP contribution >= 0.6 is 11.8 Å². The second kappa shape index (κ2) is 5.01. The fraction of sp³-hybridized carbons (Fsp3) is 0.900. The molecule has 1 rings (SSSR count). The summed E-state index contributed by atoms with van der Waals surface area (Å²) in [7, 11) is 2.32. The summed E-state index contributed by atoms with van der Waals surface area (Å²) in [5.41, 5.74) is 0. The van der Waals surface area contributed by atoms with Crippen LogP contribution < -0.4 is 0 Å². The molecule has 0 N–H and O–H groups in total. The first kappa shape index (κ1) is 11.1. The minimum atomic E-state index is 0.253. The van der Waals surface area contributed by atoms with Crippen molar-refractivity contribution in [3.05, 3.63) is 0 Å². The van der Waals surface area contributed by atoms with Crippen molar-refractivity contribution in [2.24, 2.45) is 0 Å². The molecule has 0 bridgehead atoms. The van der Waals surface area contributed by atoms with Crippen LogP contribution in [0.3, 0.4) is 0 Å². The highest BCUT2D eigenvalue weighted by Crippen LogP contribution is 2.17. The summed E-state index contributed by atoms with van der Waals surface area (Å²) in [4.78, 5) is 10.7. The molecule has 2 nitrogen and oxygen atoms in total. The number of hydrogen-bond acceptors (Lipinski definition) is 2. The Hall–Kier alpha value is -0.0200. The van der Waals surface area contributed by atoms with E-state index in [-0.39, 0.29) is 5.12 Å². The van der Waals surface area contributed by atoms with Gasteiger partial charge in [-0.25, -0.2) is 0 Å². The molecule has 1 aliphatic rings. The van der Waals surface area contributed by atoms with Gasteiger partial charge in [0.25, 0.3) is 0 Å². The van der Waals surface area contributed by atoms with Crippen LogP contribution in [0.25, 0.3) is 0 Å². The predicted molar refractivity (Wildman–Crippen MR) is 57.8 cm³/mol. The SMILES string of the molecule is CC(=O)SCC[N+]1(C)CCCCC1. The van der Waals surface area contributed by atoms with Gasteiger partial charge in [0.15, 0.2) is 5.12 Å². The van der Waals surface area contributed by atoms with E-state index in [9.17, 15) is 4.79 Å². The molecule has 0 aromatic carbocycles. The Kier molecular flexibility index (Phi) is 4.26. The molecule has 0 aromatic heterocycles. The van der Waals surface area contributed by atoms with Gasteiger partial charge in [-0.1, -0.05) is 11.8 Å². The van der Waals surface area contributed by atoms with E-state index in [1.54, 1.807) is 6.92 Å². The van der Waals surface area contributed by atoms with Crippen molar-refractivity contribution < 1.29 is 9.28 Å². The lowest BCUT2D eigenvalue weighted by atomic mass is 10.1. The average Bonchev–Trinajstić information content (AvgIpc) is 2.04. The topological polar surface area (TPSA) is 17.1 Å². The van der Waals surface area contributed by atoms with Crippen molar-refractivity contribution >= 4 is 16.9 Å². The van der Waals surface area contributed by atoms with Gasteiger partial charge >= 0.3 is 0 Å². The molecular weight excluding hydrogens is 182 g/mol. The summed E-state index contributed by atoms with van der Waals surface area (Å²) < 4.78 is 1.18. The van der Waals surface area contributed by atoms with Crippen LogP contribution in [-0.2, 0) is 4.79 Å². The maximum atomic E-state index is 10.7. The molecule has 3 heteroatoms. The molecule has 0 radical (unpaired) electrons. The maximum Gasteiger partial charge on any atom is 0.186 e. The lowest BCUT2D eigenvalue weighted by Gasteiger charge is -2.37. The van der Waals surface area contributed by atoms with E-state index in [4.69, 9.17) is 0 Å². The van der Waals surface area contributed by atoms with Gasteiger partial charge < -0.3 is 4.48 Å². The van der Waals surface area contributed by atoms with Gasteiger partial charge in [0, 0.05) is 6.92 Å². The van der Waals surface area contributed by atoms with E-state index in [0.717, 1.165) is 12.3 Å². The number of carbonyl (C=O) groups excluding carboxylic acids is 1. The molecule has 1 fully saturated rings. The number of piperidine rings is 1. The Bertz CT molecular complexity index is 176. The number of hydrogen-bond donors (Lipinski definition) is 0. The molecule has 0 spiro atoms. The van der Waals surface area contributed by atoms with Crippen molar-refractivity contribution in [1.29, 1.82) is 0 Å². The number of thioether (sulfide) groups is 1. The first-order valence-corrected chi connectivity index (χ1v) is 6.08. The van der Waals surface area contributed by atoms with Gasteiger partial charge in [-0.3, -0.25) is 4.79 Å². The lowest BCUT2D eigenvalue weighted by molar-refractivity contribution is -0.911. The van der Waals surface area contributed by atoms with E-state index in [0.29, 0.717) is 0 Å². The number of likely N-dealkylation sites (tertiary alicyclic amines) is 1. The monoisotopic (exact) mass is 202 g/mol. The molecule has 0 aliphatic carbocycles. The largest absolute Gasteiger partial charge is 0.325 e. The highest BCUT2D eigenvalue weighted by molar-refractivity contribution is 8.13. The smallest absolute Gasteiger partial charge is 0.186 e. The van der Waals surface area contributed by atoms with Gasteiger partial charge in [0.05, 0.1) is 32.4 Å². The van der Waals surface area contributed by atoms with Crippen LogP contribution in [0.4, 0.5) is 0 Å². The Labute approximate surface area is 85.3 Å². The van der Waals surface area contributed by atoms with Gasteiger partial charge in [0.2, 0.25) is 0 Å². The fourth-order valence-electron chi connectivity index (χ4n) is 1.91. The van der Waals surface area contributed by atoms with Crippen molar-refractivity contribution in [3.63, 3.8) is 0 Å². The van der Waals surface area contributed by atoms with E-state index in [2.05, 4.69) is 7.05 Å².